The van der Waals surface area contributed by atoms with E-state index in [4.69, 9.17) is 16.9 Å². The molecule has 1 aliphatic rings. The first-order valence-corrected chi connectivity index (χ1v) is 6.31. The smallest absolute Gasteiger partial charge is 0.269 e. The molecule has 19 heavy (non-hydrogen) atoms. The first-order chi connectivity index (χ1) is 9.02. The molecule has 4 nitrogen and oxygen atoms in total. The summed E-state index contributed by atoms with van der Waals surface area (Å²) in [6, 6.07) is 6.83. The first kappa shape index (κ1) is 13.4. The summed E-state index contributed by atoms with van der Waals surface area (Å²) in [4.78, 5) is 11.9. The molecule has 5 heteroatoms. The van der Waals surface area contributed by atoms with E-state index in [2.05, 4.69) is 5.32 Å². The number of carbonyl (C=O) groups excluding carboxylic acids is 1. The van der Waals surface area contributed by atoms with Crippen LogP contribution in [-0.4, -0.2) is 11.0 Å². The van der Waals surface area contributed by atoms with Crippen LogP contribution in [0.5, 0.6) is 0 Å². The second-order valence-electron chi connectivity index (χ2n) is 4.56. The van der Waals surface area contributed by atoms with E-state index in [0.717, 1.165) is 18.4 Å². The highest BCUT2D eigenvalue weighted by Crippen LogP contribution is 2.36. The summed E-state index contributed by atoms with van der Waals surface area (Å²) in [5.41, 5.74) is 1.17. The molecule has 0 radical (unpaired) electrons. The summed E-state index contributed by atoms with van der Waals surface area (Å²) < 4.78 is 0. The number of benzene rings is 1. The van der Waals surface area contributed by atoms with E-state index in [1.165, 1.54) is 0 Å². The molecule has 1 aliphatic carbocycles. The highest BCUT2D eigenvalue weighted by molar-refractivity contribution is 6.31. The Morgan fingerprint density at radius 2 is 2.21 bits per heavy atom. The van der Waals surface area contributed by atoms with Crippen LogP contribution < -0.4 is 5.32 Å². The van der Waals surface area contributed by atoms with Crippen LogP contribution in [0.4, 0.5) is 5.69 Å². The number of hydrogen-bond acceptors (Lipinski definition) is 3. The van der Waals surface area contributed by atoms with Crippen LogP contribution in [0.3, 0.4) is 0 Å². The zero-order valence-corrected chi connectivity index (χ0v) is 11.2. The highest BCUT2D eigenvalue weighted by atomic mass is 35.5. The van der Waals surface area contributed by atoms with Gasteiger partial charge in [-0.2, -0.15) is 5.26 Å². The lowest BCUT2D eigenvalue weighted by atomic mass is 10.1. The van der Waals surface area contributed by atoms with Crippen LogP contribution in [0.15, 0.2) is 29.5 Å². The molecule has 2 rings (SSSR count). The number of aliphatic hydroxyl groups excluding tert-OH is 1. The van der Waals surface area contributed by atoms with Gasteiger partial charge in [0.15, 0.2) is 5.57 Å². The maximum Gasteiger partial charge on any atom is 0.269 e. The standard InChI is InChI=1S/C14H13ClN2O2/c1-8-2-5-10(6-12(8)15)17-14(19)11(7-16)13(18)9-3-4-9/h2,5-6,9,18H,3-4H2,1H3,(H,17,19)/b13-11-. The van der Waals surface area contributed by atoms with Gasteiger partial charge in [-0.3, -0.25) is 4.79 Å². The molecule has 1 amide bonds. The lowest BCUT2D eigenvalue weighted by molar-refractivity contribution is -0.112. The third-order valence-corrected chi connectivity index (χ3v) is 3.40. The second-order valence-corrected chi connectivity index (χ2v) is 4.97. The average Bonchev–Trinajstić information content (AvgIpc) is 3.18. The largest absolute Gasteiger partial charge is 0.510 e. The maximum atomic E-state index is 11.9. The molecule has 0 atom stereocenters. The number of nitrogens with one attached hydrogen (secondary N) is 1. The number of aryl methyl sites for hydroxylation is 1. The van der Waals surface area contributed by atoms with Crippen molar-refractivity contribution in [3.8, 4) is 6.07 Å². The van der Waals surface area contributed by atoms with Gasteiger partial charge in [0.2, 0.25) is 0 Å². The number of aliphatic hydroxyl groups is 1. The zero-order chi connectivity index (χ0) is 14.0. The van der Waals surface area contributed by atoms with E-state index in [1.54, 1.807) is 24.3 Å². The lowest BCUT2D eigenvalue weighted by Gasteiger charge is -2.07. The molecule has 0 unspecified atom stereocenters. The van der Waals surface area contributed by atoms with E-state index in [1.807, 2.05) is 6.92 Å². The molecule has 1 fully saturated rings. The Labute approximate surface area is 116 Å². The Hall–Kier alpha value is -1.99. The van der Waals surface area contributed by atoms with Crippen molar-refractivity contribution in [3.63, 3.8) is 0 Å². The Morgan fingerprint density at radius 3 is 2.74 bits per heavy atom. The molecule has 1 aromatic carbocycles. The summed E-state index contributed by atoms with van der Waals surface area (Å²) in [6.45, 7) is 1.85. The van der Waals surface area contributed by atoms with Crippen molar-refractivity contribution in [1.82, 2.24) is 0 Å². The first-order valence-electron chi connectivity index (χ1n) is 5.93. The molecule has 0 spiro atoms. The quantitative estimate of drug-likeness (QED) is 0.505. The van der Waals surface area contributed by atoms with Gasteiger partial charge < -0.3 is 10.4 Å². The normalized spacial score (nSPS) is 15.4. The van der Waals surface area contributed by atoms with E-state index in [9.17, 15) is 9.90 Å². The van der Waals surface area contributed by atoms with Gasteiger partial charge in [0.1, 0.15) is 11.8 Å². The molecule has 0 aliphatic heterocycles. The monoisotopic (exact) mass is 276 g/mol. The van der Waals surface area contributed by atoms with Crippen molar-refractivity contribution in [2.24, 2.45) is 5.92 Å². The lowest BCUT2D eigenvalue weighted by Crippen LogP contribution is -2.16. The number of anilines is 1. The van der Waals surface area contributed by atoms with Crippen molar-refractivity contribution in [2.45, 2.75) is 19.8 Å². The Morgan fingerprint density at radius 1 is 1.53 bits per heavy atom. The van der Waals surface area contributed by atoms with Crippen LogP contribution in [-0.2, 0) is 4.79 Å². The summed E-state index contributed by atoms with van der Waals surface area (Å²) >= 11 is 5.96. The fourth-order valence-electron chi connectivity index (χ4n) is 1.65. The van der Waals surface area contributed by atoms with Crippen molar-refractivity contribution >= 4 is 23.2 Å². The van der Waals surface area contributed by atoms with E-state index in [0.29, 0.717) is 10.7 Å². The van der Waals surface area contributed by atoms with Gasteiger partial charge in [0.05, 0.1) is 0 Å². The van der Waals surface area contributed by atoms with Gasteiger partial charge in [-0.1, -0.05) is 17.7 Å². The van der Waals surface area contributed by atoms with Crippen LogP contribution in [0, 0.1) is 24.2 Å². The number of carbonyl (C=O) groups is 1. The number of halogens is 1. The Kier molecular flexibility index (Phi) is 3.77. The number of allylic oxidation sites excluding steroid dienone is 1. The molecule has 98 valence electrons. The predicted octanol–water partition coefficient (Wildman–Crippen LogP) is 3.33. The summed E-state index contributed by atoms with van der Waals surface area (Å²) in [7, 11) is 0. The van der Waals surface area contributed by atoms with Crippen molar-refractivity contribution in [2.75, 3.05) is 5.32 Å². The third-order valence-electron chi connectivity index (χ3n) is 2.99. The van der Waals surface area contributed by atoms with Crippen molar-refractivity contribution in [3.05, 3.63) is 40.1 Å². The molecule has 0 bridgehead atoms. The van der Waals surface area contributed by atoms with Crippen LogP contribution in [0.2, 0.25) is 5.02 Å². The fourth-order valence-corrected chi connectivity index (χ4v) is 1.83. The third kappa shape index (κ3) is 3.07. The molecule has 0 saturated heterocycles. The fraction of sp³-hybridized carbons (Fsp3) is 0.286. The number of nitriles is 1. The summed E-state index contributed by atoms with van der Waals surface area (Å²) in [5, 5.41) is 21.8. The summed E-state index contributed by atoms with van der Waals surface area (Å²) in [6.07, 6.45) is 1.64. The van der Waals surface area contributed by atoms with Gasteiger partial charge in [-0.05, 0) is 37.5 Å². The number of rotatable bonds is 3. The van der Waals surface area contributed by atoms with Gasteiger partial charge >= 0.3 is 0 Å². The molecule has 0 heterocycles. The predicted molar refractivity (Wildman–Crippen MR) is 72.8 cm³/mol. The van der Waals surface area contributed by atoms with Crippen molar-refractivity contribution in [1.29, 1.82) is 5.26 Å². The Bertz CT molecular complexity index is 598. The van der Waals surface area contributed by atoms with Gasteiger partial charge in [-0.25, -0.2) is 0 Å². The van der Waals surface area contributed by atoms with E-state index in [-0.39, 0.29) is 17.3 Å². The van der Waals surface area contributed by atoms with Gasteiger partial charge in [0.25, 0.3) is 5.91 Å². The number of nitrogens with zero attached hydrogens (tertiary/aromatic N) is 1. The molecule has 1 aromatic rings. The zero-order valence-electron chi connectivity index (χ0n) is 10.4. The molecular weight excluding hydrogens is 264 g/mol. The van der Waals surface area contributed by atoms with Crippen LogP contribution in [0.1, 0.15) is 18.4 Å². The average molecular weight is 277 g/mol. The molecule has 0 aromatic heterocycles. The van der Waals surface area contributed by atoms with Crippen LogP contribution in [0.25, 0.3) is 0 Å². The minimum Gasteiger partial charge on any atom is -0.510 e. The number of hydrogen-bond donors (Lipinski definition) is 2. The maximum absolute atomic E-state index is 11.9. The number of amides is 1. The van der Waals surface area contributed by atoms with Crippen LogP contribution >= 0.6 is 11.6 Å². The van der Waals surface area contributed by atoms with Gasteiger partial charge in [0, 0.05) is 16.6 Å². The SMILES string of the molecule is Cc1ccc(NC(=O)/C(C#N)=C(\O)C2CC2)cc1Cl. The Balaban J connectivity index is 2.18. The molecular formula is C14H13ClN2O2. The van der Waals surface area contributed by atoms with Gasteiger partial charge in [-0.15, -0.1) is 0 Å². The van der Waals surface area contributed by atoms with E-state index < -0.39 is 5.91 Å². The topological polar surface area (TPSA) is 73.1 Å². The summed E-state index contributed by atoms with van der Waals surface area (Å²) in [5.74, 6) is -0.757. The molecule has 2 N–H and O–H groups in total. The minimum atomic E-state index is -0.605. The molecule has 1 saturated carbocycles. The highest BCUT2D eigenvalue weighted by Gasteiger charge is 2.30. The van der Waals surface area contributed by atoms with Crippen molar-refractivity contribution < 1.29 is 9.90 Å². The second kappa shape index (κ2) is 5.33. The van der Waals surface area contributed by atoms with E-state index >= 15 is 0 Å². The minimum absolute atomic E-state index is 0.0398.